The van der Waals surface area contributed by atoms with Gasteiger partial charge in [-0.1, -0.05) is 49.1 Å². The lowest BCUT2D eigenvalue weighted by Gasteiger charge is -2.08. The number of aryl methyl sites for hydroxylation is 2. The average Bonchev–Trinajstić information content (AvgIpc) is 2.54. The van der Waals surface area contributed by atoms with E-state index in [1.807, 2.05) is 31.3 Å². The Morgan fingerprint density at radius 2 is 2.00 bits per heavy atom. The molecule has 1 aromatic carbocycles. The topological polar surface area (TPSA) is 22.1 Å². The van der Waals surface area contributed by atoms with Gasteiger partial charge in [-0.3, -0.25) is 4.98 Å². The molecule has 0 saturated heterocycles. The highest BCUT2D eigenvalue weighted by Crippen LogP contribution is 2.22. The molecule has 2 heteroatoms. The molecule has 0 N–H and O–H groups in total. The summed E-state index contributed by atoms with van der Waals surface area (Å²) in [4.78, 5) is 4.45. The third kappa shape index (κ3) is 5.04. The first kappa shape index (κ1) is 17.9. The van der Waals surface area contributed by atoms with E-state index >= 15 is 0 Å². The number of rotatable bonds is 7. The van der Waals surface area contributed by atoms with E-state index in [-0.39, 0.29) is 0 Å². The van der Waals surface area contributed by atoms with Crippen molar-refractivity contribution in [3.63, 3.8) is 0 Å². The van der Waals surface area contributed by atoms with E-state index in [9.17, 15) is 0 Å². The van der Waals surface area contributed by atoms with Crippen molar-refractivity contribution in [3.8, 4) is 0 Å². The van der Waals surface area contributed by atoms with Crippen LogP contribution in [0, 0.1) is 13.8 Å². The molecule has 0 atom stereocenters. The fraction of sp³-hybridized carbons (Fsp3) is 0.227. The maximum absolute atomic E-state index is 5.19. The van der Waals surface area contributed by atoms with Gasteiger partial charge in [-0.25, -0.2) is 0 Å². The van der Waals surface area contributed by atoms with Crippen LogP contribution in [0.2, 0.25) is 0 Å². The predicted molar refractivity (Wildman–Crippen MR) is 103 cm³/mol. The van der Waals surface area contributed by atoms with E-state index in [0.29, 0.717) is 6.61 Å². The first-order valence-corrected chi connectivity index (χ1v) is 8.04. The Bertz CT molecular complexity index is 771. The Balaban J connectivity index is 2.02. The van der Waals surface area contributed by atoms with E-state index in [1.165, 1.54) is 11.1 Å². The van der Waals surface area contributed by atoms with Crippen molar-refractivity contribution >= 4 is 11.6 Å². The number of aromatic nitrogens is 1. The Morgan fingerprint density at radius 3 is 2.71 bits per heavy atom. The van der Waals surface area contributed by atoms with Crippen molar-refractivity contribution in [1.82, 2.24) is 4.98 Å². The van der Waals surface area contributed by atoms with Crippen LogP contribution >= 0.6 is 0 Å². The number of methoxy groups -OCH3 is 1. The number of allylic oxidation sites excluding steroid dienone is 3. The quantitative estimate of drug-likeness (QED) is 0.627. The number of hydrogen-bond acceptors (Lipinski definition) is 2. The van der Waals surface area contributed by atoms with Gasteiger partial charge in [-0.05, 0) is 60.2 Å². The lowest BCUT2D eigenvalue weighted by Crippen LogP contribution is -1.91. The molecule has 2 rings (SSSR count). The molecule has 0 saturated carbocycles. The molecule has 0 bridgehead atoms. The van der Waals surface area contributed by atoms with Gasteiger partial charge in [0.2, 0.25) is 0 Å². The zero-order valence-electron chi connectivity index (χ0n) is 14.8. The molecule has 2 aromatic rings. The van der Waals surface area contributed by atoms with E-state index in [1.54, 1.807) is 7.11 Å². The van der Waals surface area contributed by atoms with Gasteiger partial charge in [0, 0.05) is 13.3 Å². The summed E-state index contributed by atoms with van der Waals surface area (Å²) >= 11 is 0. The van der Waals surface area contributed by atoms with Crippen LogP contribution in [-0.2, 0) is 11.3 Å². The number of benzene rings is 1. The molecule has 0 amide bonds. The van der Waals surface area contributed by atoms with Crippen molar-refractivity contribution in [2.75, 3.05) is 7.11 Å². The zero-order chi connectivity index (χ0) is 17.5. The minimum absolute atomic E-state index is 0.611. The van der Waals surface area contributed by atoms with Gasteiger partial charge < -0.3 is 4.74 Å². The molecule has 0 spiro atoms. The fourth-order valence-electron chi connectivity index (χ4n) is 2.58. The smallest absolute Gasteiger partial charge is 0.0713 e. The number of hydrogen-bond donors (Lipinski definition) is 0. The minimum atomic E-state index is 0.611. The van der Waals surface area contributed by atoms with Crippen molar-refractivity contribution in [3.05, 3.63) is 89.3 Å². The number of nitrogens with zero attached hydrogens (tertiary/aromatic N) is 1. The van der Waals surface area contributed by atoms with Crippen LogP contribution in [0.4, 0.5) is 0 Å². The molecule has 1 heterocycles. The normalized spacial score (nSPS) is 11.0. The monoisotopic (exact) mass is 319 g/mol. The van der Waals surface area contributed by atoms with Gasteiger partial charge in [0.05, 0.1) is 12.3 Å². The average molecular weight is 319 g/mol. The first-order valence-electron chi connectivity index (χ1n) is 8.04. The molecule has 124 valence electrons. The molecule has 0 fully saturated rings. The van der Waals surface area contributed by atoms with Gasteiger partial charge in [0.25, 0.3) is 0 Å². The zero-order valence-corrected chi connectivity index (χ0v) is 14.8. The van der Waals surface area contributed by atoms with Crippen molar-refractivity contribution in [1.29, 1.82) is 0 Å². The molecule has 0 radical (unpaired) electrons. The highest BCUT2D eigenvalue weighted by atomic mass is 16.5. The highest BCUT2D eigenvalue weighted by Gasteiger charge is 2.03. The van der Waals surface area contributed by atoms with Crippen LogP contribution in [0.3, 0.4) is 0 Å². The predicted octanol–water partition coefficient (Wildman–Crippen LogP) is 5.52. The van der Waals surface area contributed by atoms with E-state index < -0.39 is 0 Å². The number of pyridine rings is 1. The summed E-state index contributed by atoms with van der Waals surface area (Å²) < 4.78 is 5.19. The highest BCUT2D eigenvalue weighted by molar-refractivity contribution is 5.67. The molecule has 2 nitrogen and oxygen atoms in total. The van der Waals surface area contributed by atoms with Gasteiger partial charge in [0.1, 0.15) is 0 Å². The van der Waals surface area contributed by atoms with Crippen molar-refractivity contribution < 1.29 is 4.74 Å². The van der Waals surface area contributed by atoms with Gasteiger partial charge in [-0.2, -0.15) is 0 Å². The summed E-state index contributed by atoms with van der Waals surface area (Å²) in [5.74, 6) is 0. The van der Waals surface area contributed by atoms with Gasteiger partial charge in [0.15, 0.2) is 0 Å². The van der Waals surface area contributed by atoms with Crippen molar-refractivity contribution in [2.45, 2.75) is 26.9 Å². The van der Waals surface area contributed by atoms with Crippen LogP contribution < -0.4 is 0 Å². The second-order valence-electron chi connectivity index (χ2n) is 6.12. The van der Waals surface area contributed by atoms with Crippen LogP contribution in [-0.4, -0.2) is 12.1 Å². The molecule has 0 unspecified atom stereocenters. The molecular formula is C22H25NO. The molecule has 0 aliphatic heterocycles. The fourth-order valence-corrected chi connectivity index (χ4v) is 2.58. The third-order valence-corrected chi connectivity index (χ3v) is 3.82. The Hall–Kier alpha value is -2.45. The minimum Gasteiger partial charge on any atom is -0.380 e. The van der Waals surface area contributed by atoms with Crippen LogP contribution in [0.25, 0.3) is 11.6 Å². The van der Waals surface area contributed by atoms with Crippen LogP contribution in [0.5, 0.6) is 0 Å². The Morgan fingerprint density at radius 1 is 1.21 bits per heavy atom. The SMILES string of the molecule is C=C(/C=C\c1ncc(C)cc1C)CC(=C)c1cccc(COC)c1. The van der Waals surface area contributed by atoms with Crippen LogP contribution in [0.15, 0.2) is 61.3 Å². The Kier molecular flexibility index (Phi) is 6.28. The summed E-state index contributed by atoms with van der Waals surface area (Å²) in [5, 5.41) is 0. The van der Waals surface area contributed by atoms with Gasteiger partial charge in [-0.15, -0.1) is 0 Å². The van der Waals surface area contributed by atoms with E-state index in [2.05, 4.69) is 49.3 Å². The summed E-state index contributed by atoms with van der Waals surface area (Å²) in [6.45, 7) is 13.1. The molecular weight excluding hydrogens is 294 g/mol. The molecule has 0 aliphatic carbocycles. The van der Waals surface area contributed by atoms with Crippen LogP contribution in [0.1, 0.15) is 34.4 Å². The Labute approximate surface area is 145 Å². The lowest BCUT2D eigenvalue weighted by atomic mass is 9.98. The first-order chi connectivity index (χ1) is 11.5. The second kappa shape index (κ2) is 8.42. The molecule has 0 aliphatic rings. The molecule has 1 aromatic heterocycles. The summed E-state index contributed by atoms with van der Waals surface area (Å²) in [6, 6.07) is 10.4. The largest absolute Gasteiger partial charge is 0.380 e. The molecule has 24 heavy (non-hydrogen) atoms. The van der Waals surface area contributed by atoms with E-state index in [4.69, 9.17) is 4.74 Å². The van der Waals surface area contributed by atoms with Gasteiger partial charge >= 0.3 is 0 Å². The second-order valence-corrected chi connectivity index (χ2v) is 6.12. The maximum atomic E-state index is 5.19. The third-order valence-electron chi connectivity index (χ3n) is 3.82. The lowest BCUT2D eigenvalue weighted by molar-refractivity contribution is 0.185. The maximum Gasteiger partial charge on any atom is 0.0713 e. The number of ether oxygens (including phenoxy) is 1. The summed E-state index contributed by atoms with van der Waals surface area (Å²) in [7, 11) is 1.70. The standard InChI is InChI=1S/C22H25NO/c1-16(9-10-22-19(4)12-17(2)14-23-22)11-18(3)21-8-6-7-20(13-21)15-24-5/h6-10,12-14H,1,3,11,15H2,2,4-5H3/b10-9-. The summed E-state index contributed by atoms with van der Waals surface area (Å²) in [6.07, 6.45) is 6.66. The summed E-state index contributed by atoms with van der Waals surface area (Å²) in [5.41, 5.74) is 7.67. The van der Waals surface area contributed by atoms with E-state index in [0.717, 1.165) is 34.4 Å². The van der Waals surface area contributed by atoms with Crippen molar-refractivity contribution in [2.24, 2.45) is 0 Å².